The zero-order valence-corrected chi connectivity index (χ0v) is 14.5. The summed E-state index contributed by atoms with van der Waals surface area (Å²) in [4.78, 5) is 18.0. The largest absolute Gasteiger partial charge is 0.385 e. The number of rotatable bonds is 4. The first-order valence-corrected chi connectivity index (χ1v) is 8.58. The maximum atomic E-state index is 13.6. The zero-order chi connectivity index (χ0) is 18.7. The Bertz CT molecular complexity index is 772. The van der Waals surface area contributed by atoms with Gasteiger partial charge in [0.15, 0.2) is 11.6 Å². The van der Waals surface area contributed by atoms with Crippen molar-refractivity contribution in [3.8, 4) is 0 Å². The third-order valence-corrected chi connectivity index (χ3v) is 4.86. The number of nitrogens with one attached hydrogen (secondary N) is 1. The summed E-state index contributed by atoms with van der Waals surface area (Å²) in [6.45, 7) is 0.908. The molecule has 1 atom stereocenters. The van der Waals surface area contributed by atoms with Gasteiger partial charge in [0.2, 0.25) is 0 Å². The van der Waals surface area contributed by atoms with Crippen molar-refractivity contribution in [2.45, 2.75) is 25.5 Å². The number of aromatic nitrogens is 2. The first-order chi connectivity index (χ1) is 12.5. The van der Waals surface area contributed by atoms with Gasteiger partial charge >= 0.3 is 6.03 Å². The van der Waals surface area contributed by atoms with E-state index in [4.69, 9.17) is 0 Å². The van der Waals surface area contributed by atoms with Gasteiger partial charge in [-0.3, -0.25) is 0 Å². The first kappa shape index (κ1) is 18.3. The van der Waals surface area contributed by atoms with E-state index in [1.807, 2.05) is 7.05 Å². The molecule has 1 fully saturated rings. The Kier molecular flexibility index (Phi) is 5.51. The highest BCUT2D eigenvalue weighted by atomic mass is 19.2. The normalized spacial score (nSPS) is 16.5. The van der Waals surface area contributed by atoms with Gasteiger partial charge in [0, 0.05) is 44.6 Å². The maximum absolute atomic E-state index is 13.6. The van der Waals surface area contributed by atoms with Gasteiger partial charge in [-0.05, 0) is 24.8 Å². The third-order valence-electron chi connectivity index (χ3n) is 4.86. The summed E-state index contributed by atoms with van der Waals surface area (Å²) in [6.07, 6.45) is 4.06. The van der Waals surface area contributed by atoms with Crippen LogP contribution in [0.25, 0.3) is 0 Å². The van der Waals surface area contributed by atoms with E-state index in [0.29, 0.717) is 31.8 Å². The Morgan fingerprint density at radius 3 is 2.77 bits per heavy atom. The fourth-order valence-corrected chi connectivity index (χ4v) is 3.26. The van der Waals surface area contributed by atoms with Crippen molar-refractivity contribution in [2.75, 3.05) is 13.1 Å². The highest BCUT2D eigenvalue weighted by molar-refractivity contribution is 5.74. The van der Waals surface area contributed by atoms with Crippen molar-refractivity contribution in [2.24, 2.45) is 13.0 Å². The fourth-order valence-electron chi connectivity index (χ4n) is 3.26. The minimum atomic E-state index is -0.940. The van der Waals surface area contributed by atoms with Crippen LogP contribution in [0.5, 0.6) is 0 Å². The number of nitrogens with zero attached hydrogens (tertiary/aromatic N) is 3. The molecule has 0 spiro atoms. The van der Waals surface area contributed by atoms with Gasteiger partial charge in [0.05, 0.1) is 0 Å². The molecule has 1 aliphatic rings. The molecule has 8 heteroatoms. The van der Waals surface area contributed by atoms with E-state index in [-0.39, 0.29) is 24.1 Å². The lowest BCUT2D eigenvalue weighted by Crippen LogP contribution is -2.45. The standard InChI is InChI=1S/C18H22F2N4O2/c1-23-10-7-21-17(23)16(25)12-5-8-24(9-6-12)18(26)22-11-13-3-2-4-14(19)15(13)20/h2-4,7,10,12,16,25H,5-6,8-9,11H2,1H3,(H,22,26). The molecule has 0 radical (unpaired) electrons. The molecule has 2 amide bonds. The van der Waals surface area contributed by atoms with Crippen LogP contribution in [0.1, 0.15) is 30.3 Å². The molecule has 0 aliphatic carbocycles. The molecule has 1 aromatic carbocycles. The molecule has 2 N–H and O–H groups in total. The number of aliphatic hydroxyl groups is 1. The molecule has 2 aromatic rings. The van der Waals surface area contributed by atoms with Crippen molar-refractivity contribution in [3.63, 3.8) is 0 Å². The van der Waals surface area contributed by atoms with Gasteiger partial charge < -0.3 is 19.9 Å². The molecular weight excluding hydrogens is 342 g/mol. The first-order valence-electron chi connectivity index (χ1n) is 8.58. The molecule has 1 aliphatic heterocycles. The molecule has 6 nitrogen and oxygen atoms in total. The Morgan fingerprint density at radius 1 is 1.38 bits per heavy atom. The number of carbonyl (C=O) groups is 1. The number of piperidine rings is 1. The minimum absolute atomic E-state index is 0.0285. The lowest BCUT2D eigenvalue weighted by molar-refractivity contribution is 0.0584. The van der Waals surface area contributed by atoms with Gasteiger partial charge in [-0.15, -0.1) is 0 Å². The highest BCUT2D eigenvalue weighted by Gasteiger charge is 2.30. The van der Waals surface area contributed by atoms with E-state index < -0.39 is 17.7 Å². The van der Waals surface area contributed by atoms with Crippen molar-refractivity contribution < 1.29 is 18.7 Å². The summed E-state index contributed by atoms with van der Waals surface area (Å²) >= 11 is 0. The highest BCUT2D eigenvalue weighted by Crippen LogP contribution is 2.29. The van der Waals surface area contributed by atoms with Crippen LogP contribution in [0.15, 0.2) is 30.6 Å². The molecule has 2 heterocycles. The Hall–Kier alpha value is -2.48. The maximum Gasteiger partial charge on any atom is 0.317 e. The molecule has 1 aromatic heterocycles. The number of halogens is 2. The number of imidazole rings is 1. The molecule has 1 unspecified atom stereocenters. The number of hydrogen-bond donors (Lipinski definition) is 2. The van der Waals surface area contributed by atoms with Gasteiger partial charge in [-0.2, -0.15) is 0 Å². The van der Waals surface area contributed by atoms with Crippen LogP contribution in [0, 0.1) is 17.6 Å². The number of hydrogen-bond acceptors (Lipinski definition) is 3. The zero-order valence-electron chi connectivity index (χ0n) is 14.5. The number of aryl methyl sites for hydroxylation is 1. The molecule has 0 saturated carbocycles. The van der Waals surface area contributed by atoms with E-state index >= 15 is 0 Å². The van der Waals surface area contributed by atoms with E-state index in [1.165, 1.54) is 12.1 Å². The average Bonchev–Trinajstić information content (AvgIpc) is 3.08. The lowest BCUT2D eigenvalue weighted by Gasteiger charge is -2.34. The molecular formula is C18H22F2N4O2. The predicted molar refractivity (Wildman–Crippen MR) is 91.1 cm³/mol. The van der Waals surface area contributed by atoms with Crippen LogP contribution in [0.4, 0.5) is 13.6 Å². The molecule has 3 rings (SSSR count). The number of aliphatic hydroxyl groups excluding tert-OH is 1. The summed E-state index contributed by atoms with van der Waals surface area (Å²) in [5.74, 6) is -1.22. The van der Waals surface area contributed by atoms with Crippen LogP contribution in [0.2, 0.25) is 0 Å². The molecule has 140 valence electrons. The van der Waals surface area contributed by atoms with E-state index in [2.05, 4.69) is 10.3 Å². The second kappa shape index (κ2) is 7.82. The van der Waals surface area contributed by atoms with Crippen molar-refractivity contribution in [1.29, 1.82) is 0 Å². The summed E-state index contributed by atoms with van der Waals surface area (Å²) in [6, 6.07) is 3.57. The number of likely N-dealkylation sites (tertiary alicyclic amines) is 1. The van der Waals surface area contributed by atoms with Crippen LogP contribution in [-0.4, -0.2) is 38.7 Å². The summed E-state index contributed by atoms with van der Waals surface area (Å²) < 4.78 is 28.6. The number of carbonyl (C=O) groups excluding carboxylic acids is 1. The Balaban J connectivity index is 1.50. The van der Waals surface area contributed by atoms with Crippen molar-refractivity contribution in [3.05, 3.63) is 53.6 Å². The average molecular weight is 364 g/mol. The monoisotopic (exact) mass is 364 g/mol. The molecule has 26 heavy (non-hydrogen) atoms. The van der Waals surface area contributed by atoms with Crippen LogP contribution < -0.4 is 5.32 Å². The summed E-state index contributed by atoms with van der Waals surface area (Å²) in [5, 5.41) is 13.1. The van der Waals surface area contributed by atoms with E-state index in [0.717, 1.165) is 6.07 Å². The molecule has 1 saturated heterocycles. The fraction of sp³-hybridized carbons (Fsp3) is 0.444. The van der Waals surface area contributed by atoms with Crippen molar-refractivity contribution in [1.82, 2.24) is 19.8 Å². The van der Waals surface area contributed by atoms with Gasteiger partial charge in [0.1, 0.15) is 11.9 Å². The smallest absolute Gasteiger partial charge is 0.317 e. The second-order valence-electron chi connectivity index (χ2n) is 6.54. The van der Waals surface area contributed by atoms with Crippen LogP contribution in [0.3, 0.4) is 0 Å². The molecule has 0 bridgehead atoms. The lowest BCUT2D eigenvalue weighted by atomic mass is 9.91. The Labute approximate surface area is 150 Å². The number of amides is 2. The van der Waals surface area contributed by atoms with Crippen LogP contribution in [-0.2, 0) is 13.6 Å². The van der Waals surface area contributed by atoms with Crippen LogP contribution >= 0.6 is 0 Å². The topological polar surface area (TPSA) is 70.4 Å². The minimum Gasteiger partial charge on any atom is -0.385 e. The van der Waals surface area contributed by atoms with E-state index in [9.17, 15) is 18.7 Å². The van der Waals surface area contributed by atoms with Gasteiger partial charge in [0.25, 0.3) is 0 Å². The number of urea groups is 1. The third kappa shape index (κ3) is 3.85. The Morgan fingerprint density at radius 2 is 2.12 bits per heavy atom. The quantitative estimate of drug-likeness (QED) is 0.875. The van der Waals surface area contributed by atoms with Gasteiger partial charge in [-0.1, -0.05) is 12.1 Å². The number of benzene rings is 1. The SMILES string of the molecule is Cn1ccnc1C(O)C1CCN(C(=O)NCc2cccc(F)c2F)CC1. The predicted octanol–water partition coefficient (Wildman–Crippen LogP) is 2.35. The van der Waals surface area contributed by atoms with Gasteiger partial charge in [-0.25, -0.2) is 18.6 Å². The van der Waals surface area contributed by atoms with E-state index in [1.54, 1.807) is 21.9 Å². The van der Waals surface area contributed by atoms with Crippen molar-refractivity contribution >= 4 is 6.03 Å². The second-order valence-corrected chi connectivity index (χ2v) is 6.54. The summed E-state index contributed by atoms with van der Waals surface area (Å²) in [7, 11) is 1.83. The summed E-state index contributed by atoms with van der Waals surface area (Å²) in [5.41, 5.74) is 0.110.